The first-order valence-corrected chi connectivity index (χ1v) is 11.0. The zero-order valence-corrected chi connectivity index (χ0v) is 20.4. The molecule has 34 heavy (non-hydrogen) atoms. The van der Waals surface area contributed by atoms with E-state index in [0.717, 1.165) is 60.4 Å². The van der Waals surface area contributed by atoms with Crippen molar-refractivity contribution >= 4 is 59.7 Å². The van der Waals surface area contributed by atoms with E-state index in [1.54, 1.807) is 0 Å². The predicted molar refractivity (Wildman–Crippen MR) is 142 cm³/mol. The molecule has 0 fully saturated rings. The minimum Gasteiger partial charge on any atom is -0.368 e. The number of nitrogens with one attached hydrogen (secondary N) is 4. The monoisotopic (exact) mass is 504 g/mol. The summed E-state index contributed by atoms with van der Waals surface area (Å²) in [4.78, 5) is 33.1. The molecule has 182 valence electrons. The molecule has 8 nitrogen and oxygen atoms in total. The molecular formula is C24H30Cl2N6O2. The van der Waals surface area contributed by atoms with Gasteiger partial charge in [0.2, 0.25) is 11.8 Å². The zero-order valence-electron chi connectivity index (χ0n) is 18.8. The van der Waals surface area contributed by atoms with E-state index in [2.05, 4.69) is 31.3 Å². The number of anilines is 2. The Hall–Kier alpha value is -3.10. The first-order chi connectivity index (χ1) is 15.7. The molecule has 0 unspecified atom stereocenters. The molecule has 0 aromatic heterocycles. The molecule has 0 saturated carbocycles. The fourth-order valence-electron chi connectivity index (χ4n) is 3.62. The van der Waals surface area contributed by atoms with Crippen LogP contribution in [0.25, 0.3) is 0 Å². The van der Waals surface area contributed by atoms with Crippen molar-refractivity contribution in [2.45, 2.75) is 25.7 Å². The van der Waals surface area contributed by atoms with Gasteiger partial charge in [-0.1, -0.05) is 0 Å². The van der Waals surface area contributed by atoms with Crippen molar-refractivity contribution in [2.24, 2.45) is 9.98 Å². The van der Waals surface area contributed by atoms with Crippen LogP contribution in [0.2, 0.25) is 0 Å². The fraction of sp³-hybridized carbons (Fsp3) is 0.333. The molecule has 2 aromatic rings. The van der Waals surface area contributed by atoms with E-state index in [0.29, 0.717) is 25.7 Å². The Balaban J connectivity index is 0.00000204. The average Bonchev–Trinajstić information content (AvgIpc) is 3.52. The van der Waals surface area contributed by atoms with Crippen LogP contribution in [-0.4, -0.2) is 49.7 Å². The van der Waals surface area contributed by atoms with Crippen molar-refractivity contribution in [3.05, 3.63) is 59.7 Å². The molecule has 0 aliphatic carbocycles. The van der Waals surface area contributed by atoms with Crippen LogP contribution in [0, 0.1) is 0 Å². The molecule has 4 N–H and O–H groups in total. The van der Waals surface area contributed by atoms with E-state index < -0.39 is 0 Å². The number of amidine groups is 2. The molecule has 10 heteroatoms. The van der Waals surface area contributed by atoms with Gasteiger partial charge in [0.1, 0.15) is 11.7 Å². The average molecular weight is 505 g/mol. The van der Waals surface area contributed by atoms with Crippen LogP contribution in [-0.2, 0) is 9.59 Å². The number of aliphatic imine (C=N–C) groups is 2. The van der Waals surface area contributed by atoms with Crippen molar-refractivity contribution in [3.8, 4) is 0 Å². The summed E-state index contributed by atoms with van der Waals surface area (Å²) in [6.07, 6.45) is 2.07. The van der Waals surface area contributed by atoms with Gasteiger partial charge < -0.3 is 21.3 Å². The third kappa shape index (κ3) is 7.74. The van der Waals surface area contributed by atoms with Gasteiger partial charge in [-0.3, -0.25) is 19.6 Å². The van der Waals surface area contributed by atoms with Gasteiger partial charge in [0.15, 0.2) is 0 Å². The number of unbranched alkanes of at least 4 members (excludes halogenated alkanes) is 1. The minimum absolute atomic E-state index is 0. The van der Waals surface area contributed by atoms with Crippen LogP contribution in [0.1, 0.15) is 36.8 Å². The number of amides is 2. The van der Waals surface area contributed by atoms with Crippen molar-refractivity contribution in [2.75, 3.05) is 36.8 Å². The van der Waals surface area contributed by atoms with E-state index in [1.807, 2.05) is 48.5 Å². The summed E-state index contributed by atoms with van der Waals surface area (Å²) in [5.41, 5.74) is 3.56. The quantitative estimate of drug-likeness (QED) is 0.392. The molecule has 2 aliphatic heterocycles. The molecule has 0 saturated heterocycles. The zero-order chi connectivity index (χ0) is 22.2. The highest BCUT2D eigenvalue weighted by Crippen LogP contribution is 2.14. The Bertz CT molecular complexity index is 939. The van der Waals surface area contributed by atoms with E-state index in [9.17, 15) is 9.59 Å². The van der Waals surface area contributed by atoms with E-state index in [-0.39, 0.29) is 36.6 Å². The normalized spacial score (nSPS) is 13.9. The number of hydrogen-bond donors (Lipinski definition) is 4. The molecule has 2 aliphatic rings. The van der Waals surface area contributed by atoms with Crippen LogP contribution in [0.15, 0.2) is 58.5 Å². The van der Waals surface area contributed by atoms with E-state index in [4.69, 9.17) is 0 Å². The maximum Gasteiger partial charge on any atom is 0.224 e. The first kappa shape index (κ1) is 27.1. The summed E-state index contributed by atoms with van der Waals surface area (Å²) in [5, 5.41) is 12.3. The summed E-state index contributed by atoms with van der Waals surface area (Å²) in [5.74, 6) is 1.71. The largest absolute Gasteiger partial charge is 0.368 e. The van der Waals surface area contributed by atoms with Crippen LogP contribution >= 0.6 is 24.8 Å². The molecular weight excluding hydrogens is 475 g/mol. The van der Waals surface area contributed by atoms with Gasteiger partial charge in [-0.25, -0.2) is 0 Å². The highest BCUT2D eigenvalue weighted by Gasteiger charge is 2.10. The van der Waals surface area contributed by atoms with Crippen molar-refractivity contribution in [1.29, 1.82) is 0 Å². The highest BCUT2D eigenvalue weighted by atomic mass is 35.5. The number of carbonyl (C=O) groups is 2. The molecule has 0 bridgehead atoms. The van der Waals surface area contributed by atoms with E-state index >= 15 is 0 Å². The maximum absolute atomic E-state index is 12.2. The highest BCUT2D eigenvalue weighted by molar-refractivity contribution is 6.01. The topological polar surface area (TPSA) is 107 Å². The number of rotatable bonds is 9. The van der Waals surface area contributed by atoms with Gasteiger partial charge in [-0.15, -0.1) is 24.8 Å². The molecule has 0 atom stereocenters. The lowest BCUT2D eigenvalue weighted by Crippen LogP contribution is -2.19. The van der Waals surface area contributed by atoms with Crippen LogP contribution in [0.5, 0.6) is 0 Å². The third-order valence-electron chi connectivity index (χ3n) is 5.29. The van der Waals surface area contributed by atoms with Crippen LogP contribution in [0.3, 0.4) is 0 Å². The SMILES string of the molecule is Cl.Cl.O=C(CCCCC(=O)Nc1ccc(C2=NCCN2)cc1)Nc1ccc(C2=NCCN2)cc1. The van der Waals surface area contributed by atoms with Crippen molar-refractivity contribution < 1.29 is 9.59 Å². The van der Waals surface area contributed by atoms with Gasteiger partial charge in [0, 0.05) is 48.4 Å². The van der Waals surface area contributed by atoms with Gasteiger partial charge in [-0.05, 0) is 61.4 Å². The van der Waals surface area contributed by atoms with Gasteiger partial charge >= 0.3 is 0 Å². The third-order valence-corrected chi connectivity index (χ3v) is 5.29. The molecule has 2 heterocycles. The maximum atomic E-state index is 12.2. The standard InChI is InChI=1S/C24H28N6O2.2ClH/c31-21(29-19-9-5-17(6-10-19)23-25-13-14-26-23)3-1-2-4-22(32)30-20-11-7-18(8-12-20)24-27-15-16-28-24;;/h5-12H,1-4,13-16H2,(H,25,26)(H,27,28)(H,29,31)(H,30,32);2*1H. The summed E-state index contributed by atoms with van der Waals surface area (Å²) in [7, 11) is 0. The summed E-state index contributed by atoms with van der Waals surface area (Å²) in [6, 6.07) is 15.3. The lowest BCUT2D eigenvalue weighted by molar-refractivity contribution is -0.118. The number of halogens is 2. The first-order valence-electron chi connectivity index (χ1n) is 11.0. The molecule has 2 amide bonds. The predicted octanol–water partition coefficient (Wildman–Crippen LogP) is 3.37. The van der Waals surface area contributed by atoms with Crippen LogP contribution < -0.4 is 21.3 Å². The number of nitrogens with zero attached hydrogens (tertiary/aromatic N) is 2. The van der Waals surface area contributed by atoms with Gasteiger partial charge in [-0.2, -0.15) is 0 Å². The molecule has 2 aromatic carbocycles. The summed E-state index contributed by atoms with van der Waals surface area (Å²) < 4.78 is 0. The van der Waals surface area contributed by atoms with Crippen LogP contribution in [0.4, 0.5) is 11.4 Å². The second-order valence-corrected chi connectivity index (χ2v) is 7.77. The Morgan fingerprint density at radius 2 is 1.06 bits per heavy atom. The van der Waals surface area contributed by atoms with Crippen molar-refractivity contribution in [1.82, 2.24) is 10.6 Å². The van der Waals surface area contributed by atoms with Gasteiger partial charge in [0.25, 0.3) is 0 Å². The number of carbonyl (C=O) groups excluding carboxylic acids is 2. The Labute approximate surface area is 211 Å². The number of benzene rings is 2. The molecule has 4 rings (SSSR count). The van der Waals surface area contributed by atoms with E-state index in [1.165, 1.54) is 0 Å². The number of hydrogen-bond acceptors (Lipinski definition) is 6. The van der Waals surface area contributed by atoms with Crippen molar-refractivity contribution in [3.63, 3.8) is 0 Å². The summed E-state index contributed by atoms with van der Waals surface area (Å²) in [6.45, 7) is 3.33. The minimum atomic E-state index is -0.0477. The lowest BCUT2D eigenvalue weighted by atomic mass is 10.1. The second kappa shape index (κ2) is 13.6. The molecule has 0 radical (unpaired) electrons. The molecule has 0 spiro atoms. The Morgan fingerprint density at radius 1 is 0.676 bits per heavy atom. The second-order valence-electron chi connectivity index (χ2n) is 7.77. The summed E-state index contributed by atoms with van der Waals surface area (Å²) >= 11 is 0. The van der Waals surface area contributed by atoms with Gasteiger partial charge in [0.05, 0.1) is 13.1 Å². The fourth-order valence-corrected chi connectivity index (χ4v) is 3.62. The Kier molecular flexibility index (Phi) is 10.8. The smallest absolute Gasteiger partial charge is 0.224 e. The Morgan fingerprint density at radius 3 is 1.38 bits per heavy atom. The lowest BCUT2D eigenvalue weighted by Gasteiger charge is -2.08.